The molecule has 2 aromatic heterocycles. The lowest BCUT2D eigenvalue weighted by atomic mass is 9.71. The quantitative estimate of drug-likeness (QED) is 0.0666. The largest absolute Gasteiger partial charge is 0.495 e. The molecule has 3 atom stereocenters. The maximum atomic E-state index is 14.0. The second kappa shape index (κ2) is 22.6. The highest BCUT2D eigenvalue weighted by Gasteiger charge is 2.51. The molecule has 3 aliphatic rings. The van der Waals surface area contributed by atoms with Crippen LogP contribution in [0.5, 0.6) is 5.75 Å². The maximum absolute atomic E-state index is 14.0. The molecule has 0 bridgehead atoms. The Labute approximate surface area is 407 Å². The van der Waals surface area contributed by atoms with Crippen molar-refractivity contribution in [2.24, 2.45) is 22.5 Å². The number of thiazole rings is 1. The number of hydrogen-bond donors (Lipinski definition) is 5. The Hall–Kier alpha value is -6.01. The summed E-state index contributed by atoms with van der Waals surface area (Å²) in [5.74, 6) is -1.11. The van der Waals surface area contributed by atoms with Gasteiger partial charge in [0, 0.05) is 38.0 Å². The number of allylic oxidation sites excluding steroid dienone is 1. The number of pyridine rings is 1. The van der Waals surface area contributed by atoms with E-state index >= 15 is 0 Å². The molecular formula is C52H65N7O9S. The van der Waals surface area contributed by atoms with Crippen molar-refractivity contribution in [3.63, 3.8) is 0 Å². The van der Waals surface area contributed by atoms with Crippen LogP contribution in [-0.2, 0) is 48.0 Å². The van der Waals surface area contributed by atoms with Crippen molar-refractivity contribution >= 4 is 46.9 Å². The smallest absolute Gasteiger partial charge is 0.267 e. The predicted octanol–water partition coefficient (Wildman–Crippen LogP) is 4.92. The summed E-state index contributed by atoms with van der Waals surface area (Å²) in [7, 11) is 1.58. The number of benzene rings is 2. The number of nitrogens with two attached hydrogens (primary N) is 1. The van der Waals surface area contributed by atoms with E-state index in [0.717, 1.165) is 38.4 Å². The van der Waals surface area contributed by atoms with Crippen LogP contribution in [0.25, 0.3) is 16.5 Å². The van der Waals surface area contributed by atoms with Gasteiger partial charge in [-0.3, -0.25) is 24.0 Å². The molecule has 1 spiro atoms. The number of primary amides is 1. The Morgan fingerprint density at radius 2 is 1.71 bits per heavy atom. The zero-order chi connectivity index (χ0) is 49.3. The van der Waals surface area contributed by atoms with E-state index in [2.05, 4.69) is 32.0 Å². The summed E-state index contributed by atoms with van der Waals surface area (Å²) in [5, 5.41) is 19.1. The molecule has 1 saturated heterocycles. The number of rotatable bonds is 22. The molecule has 4 aromatic rings. The summed E-state index contributed by atoms with van der Waals surface area (Å²) in [6, 6.07) is 13.6. The number of methoxy groups -OCH3 is 1. The van der Waals surface area contributed by atoms with Gasteiger partial charge < -0.3 is 45.9 Å². The van der Waals surface area contributed by atoms with Gasteiger partial charge in [-0.15, -0.1) is 11.3 Å². The molecule has 16 nitrogen and oxygen atoms in total. The number of aliphatic hydroxyl groups excluding tert-OH is 1. The third-order valence-electron chi connectivity index (χ3n) is 13.1. The average Bonchev–Trinajstić information content (AvgIpc) is 3.83. The van der Waals surface area contributed by atoms with Crippen LogP contribution in [0, 0.1) is 23.7 Å². The van der Waals surface area contributed by atoms with E-state index in [1.54, 1.807) is 24.0 Å². The van der Waals surface area contributed by atoms with Crippen molar-refractivity contribution in [2.45, 2.75) is 97.4 Å². The third kappa shape index (κ3) is 13.4. The molecule has 6 N–H and O–H groups in total. The predicted molar refractivity (Wildman–Crippen MR) is 262 cm³/mol. The molecule has 3 heterocycles. The summed E-state index contributed by atoms with van der Waals surface area (Å²) in [4.78, 5) is 77.0. The minimum Gasteiger partial charge on any atom is -0.495 e. The van der Waals surface area contributed by atoms with Crippen LogP contribution < -0.4 is 26.4 Å². The van der Waals surface area contributed by atoms with Crippen molar-refractivity contribution in [2.75, 3.05) is 46.6 Å². The second-order valence-corrected chi connectivity index (χ2v) is 20.4. The van der Waals surface area contributed by atoms with Crippen LogP contribution in [-0.4, -0.2) is 114 Å². The molecular weight excluding hydrogens is 899 g/mol. The number of aromatic nitrogens is 2. The van der Waals surface area contributed by atoms with E-state index < -0.39 is 41.3 Å². The van der Waals surface area contributed by atoms with E-state index in [0.29, 0.717) is 29.1 Å². The first-order valence-electron chi connectivity index (χ1n) is 23.6. The molecule has 1 aliphatic heterocycles. The normalized spacial score (nSPS) is 17.9. The number of carbonyl (C=O) groups is 5. The van der Waals surface area contributed by atoms with E-state index in [1.807, 2.05) is 82.3 Å². The van der Waals surface area contributed by atoms with E-state index in [1.165, 1.54) is 36.8 Å². The average molecular weight is 964 g/mol. The number of aryl methyl sites for hydroxylation is 1. The fourth-order valence-electron chi connectivity index (χ4n) is 9.22. The molecule has 3 unspecified atom stereocenters. The molecule has 2 aliphatic carbocycles. The topological polar surface area (TPSA) is 224 Å². The lowest BCUT2D eigenvalue weighted by Crippen LogP contribution is -2.58. The molecule has 17 heteroatoms. The van der Waals surface area contributed by atoms with Crippen molar-refractivity contribution < 1.29 is 43.3 Å². The van der Waals surface area contributed by atoms with Crippen molar-refractivity contribution in [3.8, 4) is 16.2 Å². The number of carbonyl (C=O) groups excluding carboxylic acids is 5. The number of aliphatic hydroxyl groups is 1. The first-order chi connectivity index (χ1) is 33.0. The highest BCUT2D eigenvalue weighted by Crippen LogP contribution is 2.63. The van der Waals surface area contributed by atoms with E-state index in [4.69, 9.17) is 19.9 Å². The summed E-state index contributed by atoms with van der Waals surface area (Å²) >= 11 is 1.57. The van der Waals surface area contributed by atoms with Gasteiger partial charge in [-0.25, -0.2) is 9.97 Å². The van der Waals surface area contributed by atoms with Crippen LogP contribution in [0.3, 0.4) is 0 Å². The highest BCUT2D eigenvalue weighted by atomic mass is 32.1. The zero-order valence-corrected chi connectivity index (χ0v) is 41.0. The van der Waals surface area contributed by atoms with Gasteiger partial charge >= 0.3 is 0 Å². The van der Waals surface area contributed by atoms with Gasteiger partial charge in [0.25, 0.3) is 5.91 Å². The number of nitrogens with one attached hydrogen (secondary N) is 3. The van der Waals surface area contributed by atoms with E-state index in [-0.39, 0.29) is 76.4 Å². The molecule has 2 aromatic carbocycles. The van der Waals surface area contributed by atoms with Crippen molar-refractivity contribution in [1.82, 2.24) is 30.8 Å². The molecule has 0 radical (unpaired) electrons. The lowest BCUT2D eigenvalue weighted by molar-refractivity contribution is -0.144. The number of amides is 5. The number of hydrogen-bond acceptors (Lipinski definition) is 12. The first kappa shape index (κ1) is 50.9. The Morgan fingerprint density at radius 1 is 0.971 bits per heavy atom. The minimum absolute atomic E-state index is 0.0349. The molecule has 7 rings (SSSR count). The second-order valence-electron chi connectivity index (χ2n) is 19.6. The number of nitrogens with zero attached hydrogens (tertiary/aromatic N) is 3. The Kier molecular flexibility index (Phi) is 16.7. The standard InChI is InChI=1S/C52H65N7O9S/c1-32-46(69-31-57-32)37-12-9-33(10-13-37)27-56-49(64)41-24-38(60)29-59(41)50(65)47(51(2,3)4)58-44(62)30-68-20-19-67-18-17-54-43(61)23-35-8-6-7-34(21-35)22-40-39(14-11-36-25-52(26-36)15-16-52)42(66-5)28-55-45(40)48(53)63/h6-14,21,28,31,36,38,41,47,60H,15-20,22-27,29-30H2,1-5H3,(H2,53,63)(H,54,61)(H,56,64)(H,58,62). The maximum Gasteiger partial charge on any atom is 0.267 e. The van der Waals surface area contributed by atoms with Gasteiger partial charge in [-0.2, -0.15) is 0 Å². The lowest BCUT2D eigenvalue weighted by Gasteiger charge is -2.35. The van der Waals surface area contributed by atoms with Crippen molar-refractivity contribution in [1.29, 1.82) is 0 Å². The van der Waals surface area contributed by atoms with Gasteiger partial charge in [-0.1, -0.05) is 81.5 Å². The summed E-state index contributed by atoms with van der Waals surface area (Å²) in [5.41, 5.74) is 13.6. The fraction of sp³-hybridized carbons (Fsp3) is 0.481. The van der Waals surface area contributed by atoms with Gasteiger partial charge in [0.1, 0.15) is 30.1 Å². The van der Waals surface area contributed by atoms with Gasteiger partial charge in [0.05, 0.1) is 61.7 Å². The van der Waals surface area contributed by atoms with Crippen molar-refractivity contribution in [3.05, 3.63) is 106 Å². The van der Waals surface area contributed by atoms with Crippen LogP contribution in [0.4, 0.5) is 0 Å². The number of likely N-dealkylation sites (tertiary alicyclic amines) is 1. The molecule has 69 heavy (non-hydrogen) atoms. The minimum atomic E-state index is -0.995. The molecule has 2 saturated carbocycles. The zero-order valence-electron chi connectivity index (χ0n) is 40.2. The Bertz CT molecular complexity index is 2510. The number of β-amino-alcohol motifs (C(OH)–C–C–N with tert-alkyl or cyclic N) is 1. The van der Waals surface area contributed by atoms with Crippen LogP contribution in [0.1, 0.15) is 96.9 Å². The third-order valence-corrected chi connectivity index (χ3v) is 14.1. The number of ether oxygens (including phenoxy) is 3. The van der Waals surface area contributed by atoms with E-state index in [9.17, 15) is 29.1 Å². The van der Waals surface area contributed by atoms with Gasteiger partial charge in [0.2, 0.25) is 23.6 Å². The summed E-state index contributed by atoms with van der Waals surface area (Å²) in [6.07, 6.45) is 10.5. The van der Waals surface area contributed by atoms with Crippen LogP contribution >= 0.6 is 11.3 Å². The van der Waals surface area contributed by atoms with Crippen LogP contribution in [0.15, 0.2) is 66.3 Å². The monoisotopic (exact) mass is 963 g/mol. The Morgan fingerprint density at radius 3 is 2.39 bits per heavy atom. The SMILES string of the molecule is COc1cnc(C(N)=O)c(Cc2cccc(CC(=O)NCCOCCOCC(=O)NC(C(=O)N3CC(O)CC3C(=O)NCc3ccc(-c4scnc4C)cc3)C(C)(C)C)c2)c1C=CC1CC2(CC2)C1. The molecule has 368 valence electrons. The first-order valence-corrected chi connectivity index (χ1v) is 24.5. The highest BCUT2D eigenvalue weighted by molar-refractivity contribution is 7.13. The molecule has 3 fully saturated rings. The Balaban J connectivity index is 0.812. The molecule has 5 amide bonds. The van der Waals surface area contributed by atoms with Crippen LogP contribution in [0.2, 0.25) is 0 Å². The summed E-state index contributed by atoms with van der Waals surface area (Å²) in [6.45, 7) is 8.02. The van der Waals surface area contributed by atoms with Gasteiger partial charge in [-0.05, 0) is 77.2 Å². The van der Waals surface area contributed by atoms with Gasteiger partial charge in [0.15, 0.2) is 0 Å². The fourth-order valence-corrected chi connectivity index (χ4v) is 10.0. The summed E-state index contributed by atoms with van der Waals surface area (Å²) < 4.78 is 16.8.